The lowest BCUT2D eigenvalue weighted by Crippen LogP contribution is -2.37. The number of rotatable bonds is 9. The first-order chi connectivity index (χ1) is 12.6. The molecule has 6 nitrogen and oxygen atoms in total. The van der Waals surface area contributed by atoms with Crippen LogP contribution in [0, 0.1) is 0 Å². The van der Waals surface area contributed by atoms with E-state index in [0.717, 1.165) is 12.8 Å². The van der Waals surface area contributed by atoms with Gasteiger partial charge in [-0.1, -0.05) is 43.7 Å². The van der Waals surface area contributed by atoms with Gasteiger partial charge < -0.3 is 20.5 Å². The van der Waals surface area contributed by atoms with Crippen LogP contribution in [0.15, 0.2) is 48.5 Å². The highest BCUT2D eigenvalue weighted by Crippen LogP contribution is 2.28. The number of nitrogens with one attached hydrogen (secondary N) is 1. The summed E-state index contributed by atoms with van der Waals surface area (Å²) in [5.41, 5.74) is 6.42. The van der Waals surface area contributed by atoms with Crippen molar-refractivity contribution in [1.82, 2.24) is 5.32 Å². The van der Waals surface area contributed by atoms with Crippen LogP contribution in [-0.4, -0.2) is 25.5 Å². The first-order valence-electron chi connectivity index (χ1n) is 8.52. The molecular formula is C20H24N2O4. The predicted molar refractivity (Wildman–Crippen MR) is 99.2 cm³/mol. The summed E-state index contributed by atoms with van der Waals surface area (Å²) in [6.07, 6.45) is 1.96. The number of carbonyl (C=O) groups is 2. The Kier molecular flexibility index (Phi) is 7.02. The minimum absolute atomic E-state index is 0.354. The number of hydrogen-bond donors (Lipinski definition) is 2. The molecule has 0 saturated heterocycles. The largest absolute Gasteiger partial charge is 0.493 e. The molecule has 0 fully saturated rings. The van der Waals surface area contributed by atoms with Gasteiger partial charge in [0.25, 0.3) is 5.91 Å². The van der Waals surface area contributed by atoms with Gasteiger partial charge in [0.15, 0.2) is 11.5 Å². The first kappa shape index (κ1) is 19.3. The van der Waals surface area contributed by atoms with Gasteiger partial charge in [0, 0.05) is 5.56 Å². The lowest BCUT2D eigenvalue weighted by atomic mass is 10.1. The van der Waals surface area contributed by atoms with Crippen molar-refractivity contribution in [2.75, 3.05) is 13.7 Å². The lowest BCUT2D eigenvalue weighted by molar-refractivity contribution is -0.120. The van der Waals surface area contributed by atoms with E-state index in [9.17, 15) is 9.59 Å². The third-order valence-corrected chi connectivity index (χ3v) is 3.87. The zero-order chi connectivity index (χ0) is 18.9. The number of carbonyl (C=O) groups excluding carboxylic acids is 2. The topological polar surface area (TPSA) is 90.6 Å². The molecule has 0 spiro atoms. The van der Waals surface area contributed by atoms with Crippen molar-refractivity contribution in [3.05, 3.63) is 59.7 Å². The molecule has 0 aliphatic rings. The molecule has 0 unspecified atom stereocenters. The summed E-state index contributed by atoms with van der Waals surface area (Å²) in [7, 11) is 1.51. The third kappa shape index (κ3) is 4.99. The van der Waals surface area contributed by atoms with Crippen LogP contribution in [-0.2, 0) is 4.79 Å². The predicted octanol–water partition coefficient (Wildman–Crippen LogP) is 2.83. The van der Waals surface area contributed by atoms with Crippen molar-refractivity contribution < 1.29 is 19.1 Å². The fourth-order valence-corrected chi connectivity index (χ4v) is 2.43. The average Bonchev–Trinajstić information content (AvgIpc) is 2.66. The second-order valence-corrected chi connectivity index (χ2v) is 5.79. The van der Waals surface area contributed by atoms with E-state index in [-0.39, 0.29) is 0 Å². The number of nitrogens with two attached hydrogens (primary N) is 1. The molecule has 0 radical (unpaired) electrons. The van der Waals surface area contributed by atoms with Gasteiger partial charge in [0.05, 0.1) is 13.7 Å². The van der Waals surface area contributed by atoms with Crippen molar-refractivity contribution in [3.8, 4) is 11.5 Å². The van der Waals surface area contributed by atoms with E-state index in [2.05, 4.69) is 12.2 Å². The molecule has 0 aromatic heterocycles. The van der Waals surface area contributed by atoms with Crippen LogP contribution in [0.1, 0.15) is 41.7 Å². The minimum Gasteiger partial charge on any atom is -0.493 e. The van der Waals surface area contributed by atoms with Crippen molar-refractivity contribution in [2.24, 2.45) is 5.73 Å². The Morgan fingerprint density at radius 2 is 1.85 bits per heavy atom. The van der Waals surface area contributed by atoms with Gasteiger partial charge >= 0.3 is 0 Å². The smallest absolute Gasteiger partial charge is 0.252 e. The lowest BCUT2D eigenvalue weighted by Gasteiger charge is -2.17. The number of hydrogen-bond acceptors (Lipinski definition) is 4. The van der Waals surface area contributed by atoms with Gasteiger partial charge in [-0.2, -0.15) is 0 Å². The molecule has 0 heterocycles. The van der Waals surface area contributed by atoms with Gasteiger partial charge in [-0.25, -0.2) is 0 Å². The van der Waals surface area contributed by atoms with Crippen molar-refractivity contribution >= 4 is 11.8 Å². The van der Waals surface area contributed by atoms with Gasteiger partial charge in [-0.05, 0) is 30.2 Å². The quantitative estimate of drug-likeness (QED) is 0.676. The van der Waals surface area contributed by atoms with Crippen LogP contribution < -0.4 is 20.5 Å². The first-order valence-corrected chi connectivity index (χ1v) is 8.52. The molecule has 0 aliphatic heterocycles. The second-order valence-electron chi connectivity index (χ2n) is 5.79. The molecule has 2 aromatic rings. The van der Waals surface area contributed by atoms with Gasteiger partial charge in [-0.15, -0.1) is 0 Å². The van der Waals surface area contributed by atoms with Crippen molar-refractivity contribution in [3.63, 3.8) is 0 Å². The van der Waals surface area contributed by atoms with Crippen LogP contribution in [0.3, 0.4) is 0 Å². The maximum absolute atomic E-state index is 12.6. The van der Waals surface area contributed by atoms with E-state index in [0.29, 0.717) is 29.2 Å². The Labute approximate surface area is 153 Å². The van der Waals surface area contributed by atoms with E-state index >= 15 is 0 Å². The summed E-state index contributed by atoms with van der Waals surface area (Å²) in [4.78, 5) is 24.3. The summed E-state index contributed by atoms with van der Waals surface area (Å²) >= 11 is 0. The van der Waals surface area contributed by atoms with Crippen LogP contribution in [0.25, 0.3) is 0 Å². The summed E-state index contributed by atoms with van der Waals surface area (Å²) in [6, 6.07) is 12.8. The number of benzene rings is 2. The van der Waals surface area contributed by atoms with E-state index in [1.54, 1.807) is 42.5 Å². The SMILES string of the molecule is CCCCOc1ccc(C(=O)N[C@H](C(N)=O)c2ccccc2)cc1OC. The molecule has 3 N–H and O–H groups in total. The monoisotopic (exact) mass is 356 g/mol. The highest BCUT2D eigenvalue weighted by molar-refractivity contribution is 5.98. The third-order valence-electron chi connectivity index (χ3n) is 3.87. The Morgan fingerprint density at radius 1 is 1.12 bits per heavy atom. The Morgan fingerprint density at radius 3 is 2.46 bits per heavy atom. The summed E-state index contributed by atoms with van der Waals surface area (Å²) in [5.74, 6) is -0.0109. The number of primary amides is 1. The Balaban J connectivity index is 2.16. The number of ether oxygens (including phenoxy) is 2. The van der Waals surface area contributed by atoms with Crippen LogP contribution in [0.4, 0.5) is 0 Å². The standard InChI is InChI=1S/C20H24N2O4/c1-3-4-12-26-16-11-10-15(13-17(16)25-2)20(24)22-18(19(21)23)14-8-6-5-7-9-14/h5-11,13,18H,3-4,12H2,1-2H3,(H2,21,23)(H,22,24)/t18-/m0/s1. The van der Waals surface area contributed by atoms with E-state index < -0.39 is 17.9 Å². The molecule has 0 bridgehead atoms. The number of methoxy groups -OCH3 is 1. The van der Waals surface area contributed by atoms with E-state index in [1.165, 1.54) is 7.11 Å². The zero-order valence-corrected chi connectivity index (χ0v) is 15.0. The van der Waals surface area contributed by atoms with Gasteiger partial charge in [0.2, 0.25) is 5.91 Å². The van der Waals surface area contributed by atoms with E-state index in [1.807, 2.05) is 6.07 Å². The number of amides is 2. The summed E-state index contributed by atoms with van der Waals surface area (Å²) in [6.45, 7) is 2.66. The fourth-order valence-electron chi connectivity index (χ4n) is 2.43. The maximum Gasteiger partial charge on any atom is 0.252 e. The summed E-state index contributed by atoms with van der Waals surface area (Å²) in [5, 5.41) is 2.66. The molecule has 26 heavy (non-hydrogen) atoms. The molecule has 0 saturated carbocycles. The molecule has 2 aromatic carbocycles. The minimum atomic E-state index is -0.907. The molecule has 2 amide bonds. The maximum atomic E-state index is 12.6. The van der Waals surface area contributed by atoms with Crippen molar-refractivity contribution in [1.29, 1.82) is 0 Å². The van der Waals surface area contributed by atoms with E-state index in [4.69, 9.17) is 15.2 Å². The summed E-state index contributed by atoms with van der Waals surface area (Å²) < 4.78 is 11.0. The molecule has 0 aliphatic carbocycles. The second kappa shape index (κ2) is 9.46. The van der Waals surface area contributed by atoms with Crippen LogP contribution in [0.2, 0.25) is 0 Å². The van der Waals surface area contributed by atoms with Crippen LogP contribution >= 0.6 is 0 Å². The fraction of sp³-hybridized carbons (Fsp3) is 0.300. The Bertz CT molecular complexity index is 747. The molecule has 138 valence electrons. The molecule has 2 rings (SSSR count). The van der Waals surface area contributed by atoms with Crippen molar-refractivity contribution in [2.45, 2.75) is 25.8 Å². The van der Waals surface area contributed by atoms with Gasteiger partial charge in [0.1, 0.15) is 6.04 Å². The highest BCUT2D eigenvalue weighted by Gasteiger charge is 2.21. The number of unbranched alkanes of at least 4 members (excludes halogenated alkanes) is 1. The molecular weight excluding hydrogens is 332 g/mol. The highest BCUT2D eigenvalue weighted by atomic mass is 16.5. The average molecular weight is 356 g/mol. The molecule has 1 atom stereocenters. The molecule has 6 heteroatoms. The van der Waals surface area contributed by atoms with Crippen LogP contribution in [0.5, 0.6) is 11.5 Å². The Hall–Kier alpha value is -3.02. The zero-order valence-electron chi connectivity index (χ0n) is 15.0. The van der Waals surface area contributed by atoms with Gasteiger partial charge in [-0.3, -0.25) is 9.59 Å². The normalized spacial score (nSPS) is 11.5.